The monoisotopic (exact) mass is 200 g/mol. The number of nitrogens with zero attached hydrogens (tertiary/aromatic N) is 1. The van der Waals surface area contributed by atoms with Crippen LogP contribution in [0.15, 0.2) is 0 Å². The Morgan fingerprint density at radius 1 is 1.50 bits per heavy atom. The van der Waals surface area contributed by atoms with Crippen molar-refractivity contribution < 1.29 is 4.74 Å². The molecule has 1 rings (SSSR count). The Morgan fingerprint density at radius 2 is 2.21 bits per heavy atom. The second kappa shape index (κ2) is 5.10. The molecule has 84 valence electrons. The minimum absolute atomic E-state index is 0.292. The van der Waals surface area contributed by atoms with Crippen LogP contribution in [-0.4, -0.2) is 49.8 Å². The molecule has 0 radical (unpaired) electrons. The van der Waals surface area contributed by atoms with Crippen molar-refractivity contribution in [2.24, 2.45) is 0 Å². The van der Waals surface area contributed by atoms with E-state index in [9.17, 15) is 0 Å². The van der Waals surface area contributed by atoms with E-state index < -0.39 is 0 Å². The van der Waals surface area contributed by atoms with Crippen molar-refractivity contribution in [3.8, 4) is 0 Å². The van der Waals surface area contributed by atoms with Gasteiger partial charge in [0.25, 0.3) is 0 Å². The molecule has 1 saturated heterocycles. The first-order chi connectivity index (χ1) is 6.56. The number of hydrogen-bond acceptors (Lipinski definition) is 3. The van der Waals surface area contributed by atoms with E-state index in [0.29, 0.717) is 11.6 Å². The van der Waals surface area contributed by atoms with Crippen molar-refractivity contribution in [3.05, 3.63) is 0 Å². The smallest absolute Gasteiger partial charge is 0.0474 e. The standard InChI is InChI=1S/C11H24N2O/c1-10-8-13(6-5-7-14-4)11(2,3)9-12-10/h10,12H,5-9H2,1-4H3. The van der Waals surface area contributed by atoms with Gasteiger partial charge >= 0.3 is 0 Å². The number of rotatable bonds is 4. The zero-order chi connectivity index (χ0) is 10.6. The predicted octanol–water partition coefficient (Wildman–Crippen LogP) is 1.10. The summed E-state index contributed by atoms with van der Waals surface area (Å²) >= 11 is 0. The molecule has 0 saturated carbocycles. The number of methoxy groups -OCH3 is 1. The maximum absolute atomic E-state index is 5.09. The van der Waals surface area contributed by atoms with Crippen LogP contribution < -0.4 is 5.32 Å². The van der Waals surface area contributed by atoms with E-state index in [1.807, 2.05) is 0 Å². The molecule has 1 aliphatic heterocycles. The zero-order valence-corrected chi connectivity index (χ0v) is 9.97. The lowest BCUT2D eigenvalue weighted by Gasteiger charge is -2.45. The molecule has 0 bridgehead atoms. The molecule has 14 heavy (non-hydrogen) atoms. The minimum Gasteiger partial charge on any atom is -0.385 e. The van der Waals surface area contributed by atoms with Gasteiger partial charge in [0.15, 0.2) is 0 Å². The average molecular weight is 200 g/mol. The third kappa shape index (κ3) is 3.23. The summed E-state index contributed by atoms with van der Waals surface area (Å²) in [7, 11) is 1.77. The highest BCUT2D eigenvalue weighted by Gasteiger charge is 2.31. The Balaban J connectivity index is 2.38. The molecule has 1 atom stereocenters. The first-order valence-corrected chi connectivity index (χ1v) is 5.53. The van der Waals surface area contributed by atoms with Crippen molar-refractivity contribution in [1.82, 2.24) is 10.2 Å². The average Bonchev–Trinajstić information content (AvgIpc) is 2.12. The van der Waals surface area contributed by atoms with Crippen LogP contribution in [0, 0.1) is 0 Å². The molecule has 0 spiro atoms. The van der Waals surface area contributed by atoms with Crippen LogP contribution in [0.3, 0.4) is 0 Å². The topological polar surface area (TPSA) is 24.5 Å². The summed E-state index contributed by atoms with van der Waals surface area (Å²) < 4.78 is 5.09. The van der Waals surface area contributed by atoms with Crippen LogP contribution in [0.1, 0.15) is 27.2 Å². The van der Waals surface area contributed by atoms with Crippen molar-refractivity contribution in [2.45, 2.75) is 38.8 Å². The summed E-state index contributed by atoms with van der Waals surface area (Å²) in [5.74, 6) is 0. The molecule has 0 aromatic carbocycles. The molecule has 1 fully saturated rings. The molecule has 3 nitrogen and oxygen atoms in total. The largest absolute Gasteiger partial charge is 0.385 e. The zero-order valence-electron chi connectivity index (χ0n) is 9.97. The summed E-state index contributed by atoms with van der Waals surface area (Å²) in [4.78, 5) is 2.56. The summed E-state index contributed by atoms with van der Waals surface area (Å²) in [5, 5.41) is 3.52. The number of piperazine rings is 1. The van der Waals surface area contributed by atoms with Gasteiger partial charge in [0.2, 0.25) is 0 Å². The molecule has 1 heterocycles. The minimum atomic E-state index is 0.292. The van der Waals surface area contributed by atoms with Crippen LogP contribution >= 0.6 is 0 Å². The quantitative estimate of drug-likeness (QED) is 0.688. The van der Waals surface area contributed by atoms with Gasteiger partial charge < -0.3 is 10.1 Å². The van der Waals surface area contributed by atoms with Crippen molar-refractivity contribution in [3.63, 3.8) is 0 Å². The molecular formula is C11H24N2O. The lowest BCUT2D eigenvalue weighted by Crippen LogP contribution is -2.61. The number of ether oxygens (including phenoxy) is 1. The number of nitrogens with one attached hydrogen (secondary N) is 1. The molecule has 1 unspecified atom stereocenters. The van der Waals surface area contributed by atoms with Crippen LogP contribution in [0.5, 0.6) is 0 Å². The van der Waals surface area contributed by atoms with E-state index in [2.05, 4.69) is 31.0 Å². The molecule has 1 aliphatic rings. The molecule has 0 amide bonds. The van der Waals surface area contributed by atoms with E-state index in [0.717, 1.165) is 32.7 Å². The summed E-state index contributed by atoms with van der Waals surface area (Å²) in [5.41, 5.74) is 0.292. The molecular weight excluding hydrogens is 176 g/mol. The van der Waals surface area contributed by atoms with Crippen LogP contribution in [0.2, 0.25) is 0 Å². The third-order valence-corrected chi connectivity index (χ3v) is 3.01. The Labute approximate surface area is 87.8 Å². The first-order valence-electron chi connectivity index (χ1n) is 5.53. The van der Waals surface area contributed by atoms with Crippen molar-refractivity contribution >= 4 is 0 Å². The Bertz CT molecular complexity index is 171. The molecule has 1 N–H and O–H groups in total. The van der Waals surface area contributed by atoms with Crippen molar-refractivity contribution in [1.29, 1.82) is 0 Å². The predicted molar refractivity (Wildman–Crippen MR) is 59.6 cm³/mol. The van der Waals surface area contributed by atoms with Gasteiger partial charge in [-0.25, -0.2) is 0 Å². The first kappa shape index (κ1) is 12.0. The van der Waals surface area contributed by atoms with Gasteiger partial charge in [-0.1, -0.05) is 0 Å². The highest BCUT2D eigenvalue weighted by molar-refractivity contribution is 4.91. The fourth-order valence-electron chi connectivity index (χ4n) is 1.97. The molecule has 0 aromatic rings. The Kier molecular flexibility index (Phi) is 4.35. The summed E-state index contributed by atoms with van der Waals surface area (Å²) in [6.45, 7) is 11.1. The van der Waals surface area contributed by atoms with Gasteiger partial charge in [-0.15, -0.1) is 0 Å². The van der Waals surface area contributed by atoms with Gasteiger partial charge in [-0.3, -0.25) is 4.90 Å². The highest BCUT2D eigenvalue weighted by Crippen LogP contribution is 2.18. The van der Waals surface area contributed by atoms with E-state index in [1.165, 1.54) is 0 Å². The second-order valence-electron chi connectivity index (χ2n) is 4.89. The fraction of sp³-hybridized carbons (Fsp3) is 1.00. The van der Waals surface area contributed by atoms with Gasteiger partial charge in [0.05, 0.1) is 0 Å². The molecule has 0 aliphatic carbocycles. The normalized spacial score (nSPS) is 27.9. The number of hydrogen-bond donors (Lipinski definition) is 1. The Hall–Kier alpha value is -0.120. The molecule has 3 heteroatoms. The van der Waals surface area contributed by atoms with Crippen LogP contribution in [-0.2, 0) is 4.74 Å². The van der Waals surface area contributed by atoms with Crippen molar-refractivity contribution in [2.75, 3.05) is 33.4 Å². The fourth-order valence-corrected chi connectivity index (χ4v) is 1.97. The highest BCUT2D eigenvalue weighted by atomic mass is 16.5. The summed E-state index contributed by atoms with van der Waals surface area (Å²) in [6.07, 6.45) is 1.13. The van der Waals surface area contributed by atoms with Gasteiger partial charge in [-0.2, -0.15) is 0 Å². The lowest BCUT2D eigenvalue weighted by atomic mass is 9.97. The lowest BCUT2D eigenvalue weighted by molar-refractivity contribution is 0.0600. The third-order valence-electron chi connectivity index (χ3n) is 3.01. The maximum atomic E-state index is 5.09. The van der Waals surface area contributed by atoms with E-state index in [-0.39, 0.29) is 0 Å². The van der Waals surface area contributed by atoms with Gasteiger partial charge in [0.1, 0.15) is 0 Å². The van der Waals surface area contributed by atoms with Gasteiger partial charge in [0, 0.05) is 44.9 Å². The molecule has 0 aromatic heterocycles. The van der Waals surface area contributed by atoms with Gasteiger partial charge in [-0.05, 0) is 27.2 Å². The maximum Gasteiger partial charge on any atom is 0.0474 e. The second-order valence-corrected chi connectivity index (χ2v) is 4.89. The van der Waals surface area contributed by atoms with E-state index >= 15 is 0 Å². The SMILES string of the molecule is COCCCN1CC(C)NCC1(C)C. The summed E-state index contributed by atoms with van der Waals surface area (Å²) in [6, 6.07) is 0.616. The van der Waals surface area contributed by atoms with Crippen LogP contribution in [0.4, 0.5) is 0 Å². The Morgan fingerprint density at radius 3 is 2.86 bits per heavy atom. The van der Waals surface area contributed by atoms with E-state index in [4.69, 9.17) is 4.74 Å². The van der Waals surface area contributed by atoms with Crippen LogP contribution in [0.25, 0.3) is 0 Å². The van der Waals surface area contributed by atoms with E-state index in [1.54, 1.807) is 7.11 Å².